The normalized spacial score (nSPS) is 17.4. The van der Waals surface area contributed by atoms with E-state index in [0.717, 1.165) is 22.5 Å². The molecule has 3 nitrogen and oxygen atoms in total. The predicted octanol–water partition coefficient (Wildman–Crippen LogP) is 10.1. The van der Waals surface area contributed by atoms with E-state index in [4.69, 9.17) is 9.31 Å². The van der Waals surface area contributed by atoms with Gasteiger partial charge in [-0.1, -0.05) is 98.8 Å². The molecule has 1 heterocycles. The highest BCUT2D eigenvalue weighted by Crippen LogP contribution is 2.51. The van der Waals surface area contributed by atoms with Crippen molar-refractivity contribution in [1.82, 2.24) is 0 Å². The number of nitrogens with zero attached hydrogens (tertiary/aromatic N) is 1. The summed E-state index contributed by atoms with van der Waals surface area (Å²) in [7, 11) is -0.401. The first-order chi connectivity index (χ1) is 21.5. The molecular weight excluding hydrogens is 549 g/mol. The second kappa shape index (κ2) is 9.81. The third-order valence-electron chi connectivity index (χ3n) is 10.4. The van der Waals surface area contributed by atoms with Crippen molar-refractivity contribution in [2.75, 3.05) is 4.90 Å². The van der Waals surface area contributed by atoms with Crippen molar-refractivity contribution in [3.8, 4) is 11.1 Å². The van der Waals surface area contributed by atoms with Crippen molar-refractivity contribution in [3.63, 3.8) is 0 Å². The van der Waals surface area contributed by atoms with Gasteiger partial charge in [0.05, 0.1) is 11.2 Å². The van der Waals surface area contributed by atoms with Crippen LogP contribution in [-0.2, 0) is 14.7 Å². The van der Waals surface area contributed by atoms with Crippen LogP contribution in [0.1, 0.15) is 52.7 Å². The van der Waals surface area contributed by atoms with Crippen LogP contribution in [0.3, 0.4) is 0 Å². The molecule has 222 valence electrons. The molecule has 0 bridgehead atoms. The van der Waals surface area contributed by atoms with E-state index in [1.807, 2.05) is 0 Å². The van der Waals surface area contributed by atoms with E-state index in [2.05, 4.69) is 168 Å². The Balaban J connectivity index is 1.29. The number of rotatable bonds is 4. The topological polar surface area (TPSA) is 21.7 Å². The number of hydrogen-bond donors (Lipinski definition) is 0. The van der Waals surface area contributed by atoms with E-state index in [-0.39, 0.29) is 16.6 Å². The molecule has 0 radical (unpaired) electrons. The molecule has 0 saturated carbocycles. The summed E-state index contributed by atoms with van der Waals surface area (Å²) in [5.41, 5.74) is 8.74. The standard InChI is InChI=1S/C41H38BNO2/c1-39(2)37-21-17-31(42-44-40(3,4)41(5,6)45-42)25-35(37)36-26-34(20-22-38(36)39)43(32-18-15-27-11-7-9-13-29(27)23-32)33-19-16-28-12-8-10-14-30(28)24-33/h7-26H,1-6H3. The summed E-state index contributed by atoms with van der Waals surface area (Å²) >= 11 is 0. The summed E-state index contributed by atoms with van der Waals surface area (Å²) in [5.74, 6) is 0. The van der Waals surface area contributed by atoms with Crippen molar-refractivity contribution < 1.29 is 9.31 Å². The third kappa shape index (κ3) is 4.42. The molecule has 6 aromatic carbocycles. The van der Waals surface area contributed by atoms with Crippen LogP contribution in [0.2, 0.25) is 0 Å². The molecule has 8 rings (SSSR count). The summed E-state index contributed by atoms with van der Waals surface area (Å²) in [6.45, 7) is 13.1. The fourth-order valence-corrected chi connectivity index (χ4v) is 7.12. The van der Waals surface area contributed by atoms with Gasteiger partial charge in [0.25, 0.3) is 0 Å². The Morgan fingerprint density at radius 2 is 0.911 bits per heavy atom. The molecule has 0 amide bonds. The Hall–Kier alpha value is -4.38. The lowest BCUT2D eigenvalue weighted by atomic mass is 9.76. The average Bonchev–Trinajstić information content (AvgIpc) is 3.40. The minimum Gasteiger partial charge on any atom is -0.399 e. The van der Waals surface area contributed by atoms with Crippen LogP contribution >= 0.6 is 0 Å². The van der Waals surface area contributed by atoms with Gasteiger partial charge in [-0.3, -0.25) is 0 Å². The maximum atomic E-state index is 6.47. The monoisotopic (exact) mass is 587 g/mol. The lowest BCUT2D eigenvalue weighted by molar-refractivity contribution is 0.00578. The van der Waals surface area contributed by atoms with E-state index < -0.39 is 7.12 Å². The molecule has 0 atom stereocenters. The first kappa shape index (κ1) is 28.1. The van der Waals surface area contributed by atoms with Gasteiger partial charge in [-0.15, -0.1) is 0 Å². The van der Waals surface area contributed by atoms with E-state index >= 15 is 0 Å². The largest absolute Gasteiger partial charge is 0.494 e. The quantitative estimate of drug-likeness (QED) is 0.192. The molecule has 4 heteroatoms. The van der Waals surface area contributed by atoms with Crippen LogP contribution < -0.4 is 10.4 Å². The van der Waals surface area contributed by atoms with Gasteiger partial charge in [0.1, 0.15) is 0 Å². The first-order valence-electron chi connectivity index (χ1n) is 15.9. The summed E-state index contributed by atoms with van der Waals surface area (Å²) in [4.78, 5) is 2.39. The Morgan fingerprint density at radius 3 is 1.47 bits per heavy atom. The predicted molar refractivity (Wildman–Crippen MR) is 189 cm³/mol. The van der Waals surface area contributed by atoms with Gasteiger partial charge < -0.3 is 14.2 Å². The van der Waals surface area contributed by atoms with Crippen LogP contribution in [-0.4, -0.2) is 18.3 Å². The van der Waals surface area contributed by atoms with Gasteiger partial charge in [0.15, 0.2) is 0 Å². The maximum absolute atomic E-state index is 6.47. The second-order valence-corrected chi connectivity index (χ2v) is 14.1. The lowest BCUT2D eigenvalue weighted by Gasteiger charge is -2.32. The van der Waals surface area contributed by atoms with Gasteiger partial charge in [-0.05, 0) is 113 Å². The maximum Gasteiger partial charge on any atom is 0.494 e. The van der Waals surface area contributed by atoms with Crippen molar-refractivity contribution >= 4 is 51.2 Å². The van der Waals surface area contributed by atoms with E-state index in [9.17, 15) is 0 Å². The van der Waals surface area contributed by atoms with Crippen molar-refractivity contribution in [2.45, 2.75) is 58.2 Å². The average molecular weight is 588 g/mol. The first-order valence-corrected chi connectivity index (χ1v) is 15.9. The van der Waals surface area contributed by atoms with Crippen molar-refractivity contribution in [1.29, 1.82) is 0 Å². The van der Waals surface area contributed by atoms with Crippen LogP contribution in [0.15, 0.2) is 121 Å². The van der Waals surface area contributed by atoms with E-state index in [1.165, 1.54) is 43.8 Å². The van der Waals surface area contributed by atoms with Crippen molar-refractivity contribution in [2.24, 2.45) is 0 Å². The minimum atomic E-state index is -0.401. The smallest absolute Gasteiger partial charge is 0.399 e. The Bertz CT molecular complexity index is 2030. The fraction of sp³-hybridized carbons (Fsp3) is 0.220. The second-order valence-electron chi connectivity index (χ2n) is 14.1. The molecule has 1 aliphatic heterocycles. The number of benzene rings is 6. The SMILES string of the molecule is CC1(C)c2ccc(B3OC(C)(C)C(C)(C)O3)cc2-c2cc(N(c3ccc4ccccc4c3)c3ccc4ccccc4c3)ccc21. The summed E-state index contributed by atoms with van der Waals surface area (Å²) in [6, 6.07) is 44.4. The Kier molecular flexibility index (Phi) is 6.13. The molecule has 1 aliphatic carbocycles. The molecule has 45 heavy (non-hydrogen) atoms. The Morgan fingerprint density at radius 1 is 0.467 bits per heavy atom. The molecule has 1 saturated heterocycles. The number of hydrogen-bond acceptors (Lipinski definition) is 3. The summed E-state index contributed by atoms with van der Waals surface area (Å²) in [5, 5.41) is 4.92. The highest BCUT2D eigenvalue weighted by molar-refractivity contribution is 6.62. The zero-order valence-corrected chi connectivity index (χ0v) is 26.9. The fourth-order valence-electron chi connectivity index (χ4n) is 7.12. The molecule has 1 fully saturated rings. The Labute approximate surface area is 266 Å². The zero-order chi connectivity index (χ0) is 31.1. The molecule has 2 aliphatic rings. The minimum absolute atomic E-state index is 0.117. The number of anilines is 3. The molecule has 6 aromatic rings. The highest BCUT2D eigenvalue weighted by Gasteiger charge is 2.52. The van der Waals surface area contributed by atoms with E-state index in [1.54, 1.807) is 0 Å². The van der Waals surface area contributed by atoms with Gasteiger partial charge in [0, 0.05) is 22.5 Å². The highest BCUT2D eigenvalue weighted by atomic mass is 16.7. The van der Waals surface area contributed by atoms with Gasteiger partial charge in [-0.25, -0.2) is 0 Å². The molecule has 0 unspecified atom stereocenters. The molecular formula is C41H38BNO2. The van der Waals surface area contributed by atoms with Crippen LogP contribution in [0.5, 0.6) is 0 Å². The summed E-state index contributed by atoms with van der Waals surface area (Å²) < 4.78 is 12.9. The zero-order valence-electron chi connectivity index (χ0n) is 26.9. The third-order valence-corrected chi connectivity index (χ3v) is 10.4. The molecule has 0 aromatic heterocycles. The molecule has 0 N–H and O–H groups in total. The van der Waals surface area contributed by atoms with Crippen molar-refractivity contribution in [3.05, 3.63) is 132 Å². The van der Waals surface area contributed by atoms with Gasteiger partial charge in [0.2, 0.25) is 0 Å². The van der Waals surface area contributed by atoms with Crippen LogP contribution in [0.25, 0.3) is 32.7 Å². The van der Waals surface area contributed by atoms with Crippen LogP contribution in [0, 0.1) is 0 Å². The van der Waals surface area contributed by atoms with Crippen LogP contribution in [0.4, 0.5) is 17.1 Å². The molecule has 0 spiro atoms. The van der Waals surface area contributed by atoms with E-state index in [0.29, 0.717) is 0 Å². The van der Waals surface area contributed by atoms with Gasteiger partial charge in [-0.2, -0.15) is 0 Å². The summed E-state index contributed by atoms with van der Waals surface area (Å²) in [6.07, 6.45) is 0. The van der Waals surface area contributed by atoms with Gasteiger partial charge >= 0.3 is 7.12 Å². The number of fused-ring (bicyclic) bond motifs is 5. The lowest BCUT2D eigenvalue weighted by Crippen LogP contribution is -2.41.